The Bertz CT molecular complexity index is 328. The van der Waals surface area contributed by atoms with E-state index in [4.69, 9.17) is 0 Å². The Hall–Kier alpha value is -0.130. The van der Waals surface area contributed by atoms with Crippen molar-refractivity contribution in [2.24, 2.45) is 5.92 Å². The van der Waals surface area contributed by atoms with Crippen molar-refractivity contribution in [2.45, 2.75) is 39.2 Å². The van der Waals surface area contributed by atoms with Gasteiger partial charge in [-0.25, -0.2) is 8.42 Å². The Morgan fingerprint density at radius 1 is 1.39 bits per heavy atom. The van der Waals surface area contributed by atoms with Crippen LogP contribution in [0.25, 0.3) is 0 Å². The first-order valence-corrected chi connectivity index (χ1v) is 9.07. The highest BCUT2D eigenvalue weighted by molar-refractivity contribution is 7.90. The predicted octanol–water partition coefficient (Wildman–Crippen LogP) is 1.13. The molecule has 4 nitrogen and oxygen atoms in total. The molecule has 0 aromatic rings. The Balaban J connectivity index is 2.22. The molecule has 0 aromatic carbocycles. The van der Waals surface area contributed by atoms with E-state index in [0.717, 1.165) is 32.6 Å². The van der Waals surface area contributed by atoms with Gasteiger partial charge in [0, 0.05) is 18.8 Å². The topological polar surface area (TPSA) is 49.4 Å². The molecule has 1 atom stereocenters. The summed E-state index contributed by atoms with van der Waals surface area (Å²) in [4.78, 5) is 2.44. The van der Waals surface area contributed by atoms with Crippen molar-refractivity contribution < 1.29 is 8.42 Å². The third-order valence-corrected chi connectivity index (χ3v) is 4.42. The third-order valence-electron chi connectivity index (χ3n) is 3.39. The van der Waals surface area contributed by atoms with Gasteiger partial charge in [-0.05, 0) is 44.8 Å². The summed E-state index contributed by atoms with van der Waals surface area (Å²) in [6, 6.07) is 0.600. The fraction of sp³-hybridized carbons (Fsp3) is 1.00. The lowest BCUT2D eigenvalue weighted by Gasteiger charge is -2.25. The smallest absolute Gasteiger partial charge is 0.147 e. The summed E-state index contributed by atoms with van der Waals surface area (Å²) >= 11 is 0. The van der Waals surface area contributed by atoms with E-state index < -0.39 is 9.84 Å². The first kappa shape index (κ1) is 15.9. The normalized spacial score (nSPS) is 21.9. The Morgan fingerprint density at radius 2 is 2.11 bits per heavy atom. The zero-order chi connectivity index (χ0) is 13.6. The second kappa shape index (κ2) is 7.46. The van der Waals surface area contributed by atoms with Crippen LogP contribution in [0.1, 0.15) is 33.1 Å². The summed E-state index contributed by atoms with van der Waals surface area (Å²) in [7, 11) is -2.80. The standard InChI is InChI=1S/C13H28N2O2S/c1-12(2)10-14-11-13-6-4-7-15(13)8-5-9-18(3,16)17/h12-14H,4-11H2,1-3H3. The van der Waals surface area contributed by atoms with Crippen molar-refractivity contribution >= 4 is 9.84 Å². The van der Waals surface area contributed by atoms with Crippen LogP contribution in [-0.2, 0) is 9.84 Å². The number of hydrogen-bond donors (Lipinski definition) is 1. The highest BCUT2D eigenvalue weighted by Gasteiger charge is 2.23. The van der Waals surface area contributed by atoms with Crippen molar-refractivity contribution in [3.05, 3.63) is 0 Å². The van der Waals surface area contributed by atoms with Crippen LogP contribution in [0, 0.1) is 5.92 Å². The lowest BCUT2D eigenvalue weighted by molar-refractivity contribution is 0.246. The maximum absolute atomic E-state index is 11.1. The van der Waals surface area contributed by atoms with E-state index >= 15 is 0 Å². The van der Waals surface area contributed by atoms with Crippen molar-refractivity contribution in [1.29, 1.82) is 0 Å². The average Bonchev–Trinajstić information content (AvgIpc) is 2.63. The molecule has 1 fully saturated rings. The highest BCUT2D eigenvalue weighted by atomic mass is 32.2. The summed E-state index contributed by atoms with van der Waals surface area (Å²) < 4.78 is 22.2. The molecule has 0 amide bonds. The largest absolute Gasteiger partial charge is 0.315 e. The molecule has 1 unspecified atom stereocenters. The van der Waals surface area contributed by atoms with Gasteiger partial charge in [-0.15, -0.1) is 0 Å². The average molecular weight is 276 g/mol. The highest BCUT2D eigenvalue weighted by Crippen LogP contribution is 2.16. The fourth-order valence-corrected chi connectivity index (χ4v) is 3.14. The van der Waals surface area contributed by atoms with Crippen LogP contribution in [0.2, 0.25) is 0 Å². The number of nitrogens with one attached hydrogen (secondary N) is 1. The number of likely N-dealkylation sites (tertiary alicyclic amines) is 1. The van der Waals surface area contributed by atoms with E-state index in [2.05, 4.69) is 24.1 Å². The van der Waals surface area contributed by atoms with Gasteiger partial charge in [0.1, 0.15) is 9.84 Å². The Kier molecular flexibility index (Phi) is 6.60. The van der Waals surface area contributed by atoms with Gasteiger partial charge in [-0.2, -0.15) is 0 Å². The number of rotatable bonds is 8. The van der Waals surface area contributed by atoms with Crippen molar-refractivity contribution in [1.82, 2.24) is 10.2 Å². The second-order valence-electron chi connectivity index (χ2n) is 5.87. The van der Waals surface area contributed by atoms with E-state index in [0.29, 0.717) is 17.7 Å². The molecule has 1 rings (SSSR count). The maximum Gasteiger partial charge on any atom is 0.147 e. The molecule has 1 aliphatic heterocycles. The molecule has 0 aromatic heterocycles. The lowest BCUT2D eigenvalue weighted by Crippen LogP contribution is -2.39. The summed E-state index contributed by atoms with van der Waals surface area (Å²) in [6.45, 7) is 8.57. The van der Waals surface area contributed by atoms with Crippen molar-refractivity contribution in [3.63, 3.8) is 0 Å². The van der Waals surface area contributed by atoms with Crippen LogP contribution < -0.4 is 5.32 Å². The van der Waals surface area contributed by atoms with Gasteiger partial charge in [-0.3, -0.25) is 4.90 Å². The van der Waals surface area contributed by atoms with E-state index in [1.807, 2.05) is 0 Å². The van der Waals surface area contributed by atoms with Crippen LogP contribution in [0.3, 0.4) is 0 Å². The Morgan fingerprint density at radius 3 is 2.72 bits per heavy atom. The van der Waals surface area contributed by atoms with Gasteiger partial charge in [0.2, 0.25) is 0 Å². The first-order valence-electron chi connectivity index (χ1n) is 7.01. The van der Waals surface area contributed by atoms with Gasteiger partial charge >= 0.3 is 0 Å². The molecule has 0 spiro atoms. The van der Waals surface area contributed by atoms with E-state index in [9.17, 15) is 8.42 Å². The lowest BCUT2D eigenvalue weighted by atomic mass is 10.2. The fourth-order valence-electron chi connectivity index (χ4n) is 2.49. The van der Waals surface area contributed by atoms with E-state index in [-0.39, 0.29) is 0 Å². The first-order chi connectivity index (χ1) is 8.38. The molecule has 0 radical (unpaired) electrons. The van der Waals surface area contributed by atoms with Gasteiger partial charge in [0.25, 0.3) is 0 Å². The molecule has 0 aliphatic carbocycles. The molecule has 18 heavy (non-hydrogen) atoms. The molecule has 1 heterocycles. The molecular weight excluding hydrogens is 248 g/mol. The predicted molar refractivity (Wildman–Crippen MR) is 76.6 cm³/mol. The molecule has 108 valence electrons. The summed E-state index contributed by atoms with van der Waals surface area (Å²) in [5, 5.41) is 3.50. The van der Waals surface area contributed by atoms with Crippen LogP contribution in [-0.4, -0.2) is 57.5 Å². The number of nitrogens with zero attached hydrogens (tertiary/aromatic N) is 1. The minimum atomic E-state index is -2.80. The summed E-state index contributed by atoms with van der Waals surface area (Å²) in [5.74, 6) is 1.00. The van der Waals surface area contributed by atoms with E-state index in [1.54, 1.807) is 0 Å². The maximum atomic E-state index is 11.1. The van der Waals surface area contributed by atoms with Gasteiger partial charge < -0.3 is 5.32 Å². The van der Waals surface area contributed by atoms with Gasteiger partial charge in [-0.1, -0.05) is 13.8 Å². The van der Waals surface area contributed by atoms with E-state index in [1.165, 1.54) is 19.1 Å². The molecule has 5 heteroatoms. The zero-order valence-electron chi connectivity index (χ0n) is 12.0. The molecule has 1 N–H and O–H groups in total. The second-order valence-corrected chi connectivity index (χ2v) is 8.13. The monoisotopic (exact) mass is 276 g/mol. The minimum Gasteiger partial charge on any atom is -0.315 e. The quantitative estimate of drug-likeness (QED) is 0.722. The zero-order valence-corrected chi connectivity index (χ0v) is 12.8. The molecule has 1 saturated heterocycles. The summed E-state index contributed by atoms with van der Waals surface area (Å²) in [5.41, 5.74) is 0. The van der Waals surface area contributed by atoms with Crippen LogP contribution in [0.15, 0.2) is 0 Å². The molecular formula is C13H28N2O2S. The van der Waals surface area contributed by atoms with Crippen molar-refractivity contribution in [2.75, 3.05) is 38.2 Å². The Labute approximate surface area is 112 Å². The number of sulfone groups is 1. The van der Waals surface area contributed by atoms with Gasteiger partial charge in [0.15, 0.2) is 0 Å². The van der Waals surface area contributed by atoms with Gasteiger partial charge in [0.05, 0.1) is 5.75 Å². The SMILES string of the molecule is CC(C)CNCC1CCCN1CCCS(C)(=O)=O. The summed E-state index contributed by atoms with van der Waals surface area (Å²) in [6.07, 6.45) is 4.56. The van der Waals surface area contributed by atoms with Crippen LogP contribution >= 0.6 is 0 Å². The molecule has 1 aliphatic rings. The minimum absolute atomic E-state index is 0.315. The number of hydrogen-bond acceptors (Lipinski definition) is 4. The third kappa shape index (κ3) is 6.71. The van der Waals surface area contributed by atoms with Crippen LogP contribution in [0.5, 0.6) is 0 Å². The molecule has 0 bridgehead atoms. The van der Waals surface area contributed by atoms with Crippen LogP contribution in [0.4, 0.5) is 0 Å². The van der Waals surface area contributed by atoms with Crippen molar-refractivity contribution in [3.8, 4) is 0 Å². The molecule has 0 saturated carbocycles.